The number of carbonyl (C=O) groups is 1. The Morgan fingerprint density at radius 1 is 0.969 bits per heavy atom. The summed E-state index contributed by atoms with van der Waals surface area (Å²) in [6.07, 6.45) is 5.53. The first kappa shape index (κ1) is 21.2. The van der Waals surface area contributed by atoms with Gasteiger partial charge in [0.05, 0.1) is 15.9 Å². The number of para-hydroxylation sites is 2. The van der Waals surface area contributed by atoms with Crippen molar-refractivity contribution in [2.45, 2.75) is 49.3 Å². The molecule has 1 amide bonds. The molecule has 1 saturated heterocycles. The van der Waals surface area contributed by atoms with E-state index in [1.54, 1.807) is 28.6 Å². The zero-order valence-electron chi connectivity index (χ0n) is 18.0. The number of anilines is 1. The maximum absolute atomic E-state index is 13.1. The van der Waals surface area contributed by atoms with Crippen molar-refractivity contribution < 1.29 is 13.2 Å². The fourth-order valence-electron chi connectivity index (χ4n) is 4.83. The third kappa shape index (κ3) is 4.17. The van der Waals surface area contributed by atoms with Crippen LogP contribution in [0.5, 0.6) is 0 Å². The number of sulfonamides is 1. The zero-order chi connectivity index (χ0) is 22.1. The summed E-state index contributed by atoms with van der Waals surface area (Å²) in [6.45, 7) is 0.925. The van der Waals surface area contributed by atoms with E-state index in [2.05, 4.69) is 15.3 Å². The van der Waals surface area contributed by atoms with Gasteiger partial charge in [0, 0.05) is 30.6 Å². The second kappa shape index (κ2) is 8.67. The minimum absolute atomic E-state index is 0.0331. The number of hydrogen-bond acceptors (Lipinski definition) is 4. The van der Waals surface area contributed by atoms with E-state index in [1.165, 1.54) is 0 Å². The fraction of sp³-hybridized carbons (Fsp3) is 0.417. The molecule has 168 valence electrons. The Morgan fingerprint density at radius 3 is 2.34 bits per heavy atom. The monoisotopic (exact) mass is 452 g/mol. The number of amides is 1. The molecular formula is C24H28N4O3S. The highest BCUT2D eigenvalue weighted by Crippen LogP contribution is 2.31. The molecule has 5 rings (SSSR count). The zero-order valence-corrected chi connectivity index (χ0v) is 18.8. The van der Waals surface area contributed by atoms with E-state index in [9.17, 15) is 13.2 Å². The molecule has 0 unspecified atom stereocenters. The molecule has 2 fully saturated rings. The summed E-state index contributed by atoms with van der Waals surface area (Å²) in [5, 5.41) is 2.92. The lowest BCUT2D eigenvalue weighted by atomic mass is 9.97. The number of aromatic nitrogens is 2. The summed E-state index contributed by atoms with van der Waals surface area (Å²) >= 11 is 0. The van der Waals surface area contributed by atoms with Crippen LogP contribution in [-0.2, 0) is 14.8 Å². The molecule has 7 nitrogen and oxygen atoms in total. The van der Waals surface area contributed by atoms with E-state index in [-0.39, 0.29) is 22.6 Å². The molecule has 0 atom stereocenters. The second-order valence-electron chi connectivity index (χ2n) is 8.81. The van der Waals surface area contributed by atoms with Gasteiger partial charge in [-0.15, -0.1) is 0 Å². The Kier molecular flexibility index (Phi) is 5.73. The van der Waals surface area contributed by atoms with Crippen molar-refractivity contribution in [3.8, 4) is 0 Å². The minimum Gasteiger partial charge on any atom is -0.342 e. The molecular weight excluding hydrogens is 424 g/mol. The Balaban J connectivity index is 1.22. The molecule has 2 aromatic carbocycles. The van der Waals surface area contributed by atoms with Gasteiger partial charge in [-0.3, -0.25) is 4.79 Å². The van der Waals surface area contributed by atoms with Crippen LogP contribution < -0.4 is 5.32 Å². The molecule has 2 N–H and O–H groups in total. The van der Waals surface area contributed by atoms with Gasteiger partial charge in [-0.25, -0.2) is 13.4 Å². The number of carbonyl (C=O) groups excluding carboxylic acids is 1. The van der Waals surface area contributed by atoms with E-state index in [0.29, 0.717) is 18.8 Å². The third-order valence-electron chi connectivity index (χ3n) is 6.73. The number of benzene rings is 2. The first-order valence-electron chi connectivity index (χ1n) is 11.4. The number of fused-ring (bicyclic) bond motifs is 1. The van der Waals surface area contributed by atoms with Gasteiger partial charge in [0.2, 0.25) is 15.9 Å². The number of nitrogens with one attached hydrogen (secondary N) is 2. The summed E-state index contributed by atoms with van der Waals surface area (Å²) in [5.41, 5.74) is 2.60. The number of piperidine rings is 1. The fourth-order valence-corrected chi connectivity index (χ4v) is 6.30. The van der Waals surface area contributed by atoms with Gasteiger partial charge in [0.25, 0.3) is 0 Å². The van der Waals surface area contributed by atoms with Crippen LogP contribution in [0.1, 0.15) is 50.3 Å². The van der Waals surface area contributed by atoms with Crippen LogP contribution in [0.3, 0.4) is 0 Å². The lowest BCUT2D eigenvalue weighted by molar-refractivity contribution is -0.119. The standard InChI is InChI=1S/C24H28N4O3S/c29-24(18-5-1-2-6-18)25-19-9-11-20(12-10-19)32(30,31)28-15-13-17(14-16-28)23-26-21-7-3-4-8-22(21)27-23/h3-4,7-12,17-18H,1-2,5-6,13-16H2,(H,25,29)(H,26,27). The normalized spacial score (nSPS) is 18.9. The molecule has 2 heterocycles. The Labute approximate surface area is 188 Å². The van der Waals surface area contributed by atoms with E-state index < -0.39 is 10.0 Å². The van der Waals surface area contributed by atoms with E-state index in [1.807, 2.05) is 24.3 Å². The largest absolute Gasteiger partial charge is 0.342 e. The number of imidazole rings is 1. The third-order valence-corrected chi connectivity index (χ3v) is 8.65. The maximum atomic E-state index is 13.1. The van der Waals surface area contributed by atoms with Crippen LogP contribution in [-0.4, -0.2) is 41.7 Å². The average Bonchev–Trinajstić information content (AvgIpc) is 3.50. The highest BCUT2D eigenvalue weighted by molar-refractivity contribution is 7.89. The summed E-state index contributed by atoms with van der Waals surface area (Å²) in [6, 6.07) is 14.5. The highest BCUT2D eigenvalue weighted by atomic mass is 32.2. The van der Waals surface area contributed by atoms with Crippen molar-refractivity contribution in [1.29, 1.82) is 0 Å². The van der Waals surface area contributed by atoms with Gasteiger partial charge in [-0.1, -0.05) is 25.0 Å². The predicted octanol–water partition coefficient (Wildman–Crippen LogP) is 4.26. The van der Waals surface area contributed by atoms with E-state index >= 15 is 0 Å². The Bertz CT molecular complexity index is 1170. The molecule has 0 spiro atoms. The molecule has 32 heavy (non-hydrogen) atoms. The lowest BCUT2D eigenvalue weighted by Crippen LogP contribution is -2.38. The number of H-pyrrole nitrogens is 1. The summed E-state index contributed by atoms with van der Waals surface area (Å²) in [4.78, 5) is 20.6. The van der Waals surface area contributed by atoms with Gasteiger partial charge >= 0.3 is 0 Å². The smallest absolute Gasteiger partial charge is 0.243 e. The average molecular weight is 453 g/mol. The molecule has 0 bridgehead atoms. The van der Waals surface area contributed by atoms with Crippen molar-refractivity contribution in [3.05, 3.63) is 54.4 Å². The van der Waals surface area contributed by atoms with Gasteiger partial charge < -0.3 is 10.3 Å². The minimum atomic E-state index is -3.56. The maximum Gasteiger partial charge on any atom is 0.243 e. The van der Waals surface area contributed by atoms with Crippen LogP contribution in [0, 0.1) is 5.92 Å². The number of rotatable bonds is 5. The van der Waals surface area contributed by atoms with Crippen LogP contribution in [0.2, 0.25) is 0 Å². The van der Waals surface area contributed by atoms with E-state index in [0.717, 1.165) is 55.4 Å². The first-order valence-corrected chi connectivity index (χ1v) is 12.8. The highest BCUT2D eigenvalue weighted by Gasteiger charge is 2.31. The SMILES string of the molecule is O=C(Nc1ccc(S(=O)(=O)N2CCC(c3nc4ccccc4[nH]3)CC2)cc1)C1CCCC1. The van der Waals surface area contributed by atoms with Crippen LogP contribution >= 0.6 is 0 Å². The number of nitrogens with zero attached hydrogens (tertiary/aromatic N) is 2. The van der Waals surface area contributed by atoms with Crippen LogP contribution in [0.25, 0.3) is 11.0 Å². The second-order valence-corrected chi connectivity index (χ2v) is 10.8. The van der Waals surface area contributed by atoms with Crippen LogP contribution in [0.15, 0.2) is 53.4 Å². The Morgan fingerprint density at radius 2 is 1.66 bits per heavy atom. The van der Waals surface area contributed by atoms with Crippen molar-refractivity contribution in [3.63, 3.8) is 0 Å². The molecule has 3 aromatic rings. The van der Waals surface area contributed by atoms with Gasteiger partial charge in [-0.2, -0.15) is 4.31 Å². The van der Waals surface area contributed by atoms with E-state index in [4.69, 9.17) is 0 Å². The van der Waals surface area contributed by atoms with Crippen molar-refractivity contribution in [1.82, 2.24) is 14.3 Å². The predicted molar refractivity (Wildman–Crippen MR) is 124 cm³/mol. The van der Waals surface area contributed by atoms with Crippen LogP contribution in [0.4, 0.5) is 5.69 Å². The summed E-state index contributed by atoms with van der Waals surface area (Å²) < 4.78 is 27.8. The topological polar surface area (TPSA) is 95.2 Å². The Hall–Kier alpha value is -2.71. The molecule has 8 heteroatoms. The molecule has 2 aliphatic rings. The molecule has 1 saturated carbocycles. The van der Waals surface area contributed by atoms with Gasteiger partial charge in [0.15, 0.2) is 0 Å². The quantitative estimate of drug-likeness (QED) is 0.605. The van der Waals surface area contributed by atoms with Crippen molar-refractivity contribution >= 4 is 32.7 Å². The van der Waals surface area contributed by atoms with Gasteiger partial charge in [0.1, 0.15) is 5.82 Å². The number of aromatic amines is 1. The van der Waals surface area contributed by atoms with Crippen molar-refractivity contribution in [2.24, 2.45) is 5.92 Å². The number of hydrogen-bond donors (Lipinski definition) is 2. The summed E-state index contributed by atoms with van der Waals surface area (Å²) in [7, 11) is -3.56. The first-order chi connectivity index (χ1) is 15.5. The van der Waals surface area contributed by atoms with Gasteiger partial charge in [-0.05, 0) is 62.1 Å². The molecule has 1 aromatic heterocycles. The summed E-state index contributed by atoms with van der Waals surface area (Å²) in [5.74, 6) is 1.27. The lowest BCUT2D eigenvalue weighted by Gasteiger charge is -2.30. The molecule has 1 aliphatic heterocycles. The molecule has 0 radical (unpaired) electrons. The molecule has 1 aliphatic carbocycles. The van der Waals surface area contributed by atoms with Crippen molar-refractivity contribution in [2.75, 3.05) is 18.4 Å².